The molecule has 92 valence electrons. The van der Waals surface area contributed by atoms with Crippen molar-refractivity contribution in [1.82, 2.24) is 0 Å². The van der Waals surface area contributed by atoms with Gasteiger partial charge >= 0.3 is 0 Å². The maximum Gasteiger partial charge on any atom is 0.0426 e. The zero-order valence-electron chi connectivity index (χ0n) is 10.2. The predicted octanol–water partition coefficient (Wildman–Crippen LogP) is 4.83. The van der Waals surface area contributed by atoms with E-state index in [1.807, 2.05) is 24.3 Å². The average molecular weight is 258 g/mol. The van der Waals surface area contributed by atoms with Crippen LogP contribution in [0.3, 0.4) is 0 Å². The molecule has 0 bridgehead atoms. The summed E-state index contributed by atoms with van der Waals surface area (Å²) in [6.45, 7) is 0.839. The Morgan fingerprint density at radius 1 is 1.06 bits per heavy atom. The quantitative estimate of drug-likeness (QED) is 0.827. The van der Waals surface area contributed by atoms with E-state index in [0.29, 0.717) is 0 Å². The molecule has 0 unspecified atom stereocenters. The highest BCUT2D eigenvalue weighted by Gasteiger charge is 2.22. The Kier molecular flexibility index (Phi) is 3.24. The first-order valence-corrected chi connectivity index (χ1v) is 6.77. The minimum Gasteiger partial charge on any atom is -0.381 e. The van der Waals surface area contributed by atoms with E-state index in [0.717, 1.165) is 23.2 Å². The molecule has 18 heavy (non-hydrogen) atoms. The molecular formula is C16H16ClN. The van der Waals surface area contributed by atoms with Gasteiger partial charge in [-0.2, -0.15) is 0 Å². The van der Waals surface area contributed by atoms with Crippen LogP contribution in [0.5, 0.6) is 0 Å². The Hall–Kier alpha value is -1.47. The second kappa shape index (κ2) is 5.03. The van der Waals surface area contributed by atoms with Gasteiger partial charge in [0, 0.05) is 17.3 Å². The Morgan fingerprint density at radius 2 is 1.83 bits per heavy atom. The molecule has 0 amide bonds. The van der Waals surface area contributed by atoms with E-state index >= 15 is 0 Å². The van der Waals surface area contributed by atoms with Crippen LogP contribution in [0.2, 0.25) is 5.02 Å². The lowest BCUT2D eigenvalue weighted by Gasteiger charge is -2.07. The van der Waals surface area contributed by atoms with Crippen molar-refractivity contribution in [3.8, 4) is 0 Å². The van der Waals surface area contributed by atoms with Crippen molar-refractivity contribution in [2.75, 3.05) is 5.32 Å². The van der Waals surface area contributed by atoms with Gasteiger partial charge in [0.15, 0.2) is 0 Å². The molecule has 0 atom stereocenters. The van der Waals surface area contributed by atoms with Crippen molar-refractivity contribution < 1.29 is 0 Å². The first-order chi connectivity index (χ1) is 8.81. The van der Waals surface area contributed by atoms with Crippen LogP contribution in [0, 0.1) is 0 Å². The predicted molar refractivity (Wildman–Crippen MR) is 77.2 cm³/mol. The van der Waals surface area contributed by atoms with Gasteiger partial charge in [0.1, 0.15) is 0 Å². The molecule has 0 aromatic heterocycles. The van der Waals surface area contributed by atoms with E-state index in [1.54, 1.807) is 0 Å². The molecule has 3 rings (SSSR count). The molecule has 1 fully saturated rings. The molecule has 0 heterocycles. The molecule has 1 aliphatic carbocycles. The number of rotatable bonds is 4. The standard InChI is InChI=1S/C16H16ClN/c17-15-2-1-3-16(10-15)18-11-12-4-6-13(7-5-12)14-8-9-14/h1-7,10,14,18H,8-9,11H2. The first kappa shape index (κ1) is 11.6. The molecule has 1 nitrogen and oxygen atoms in total. The van der Waals surface area contributed by atoms with E-state index in [1.165, 1.54) is 24.0 Å². The summed E-state index contributed by atoms with van der Waals surface area (Å²) in [7, 11) is 0. The van der Waals surface area contributed by atoms with Crippen molar-refractivity contribution >= 4 is 17.3 Å². The highest BCUT2D eigenvalue weighted by molar-refractivity contribution is 6.30. The zero-order valence-corrected chi connectivity index (χ0v) is 11.0. The second-order valence-electron chi connectivity index (χ2n) is 4.88. The van der Waals surface area contributed by atoms with E-state index in [4.69, 9.17) is 11.6 Å². The fraction of sp³-hybridized carbons (Fsp3) is 0.250. The molecule has 0 aliphatic heterocycles. The molecule has 2 aromatic carbocycles. The van der Waals surface area contributed by atoms with Gasteiger partial charge in [0.05, 0.1) is 0 Å². The number of nitrogens with one attached hydrogen (secondary N) is 1. The van der Waals surface area contributed by atoms with E-state index in [2.05, 4.69) is 29.6 Å². The monoisotopic (exact) mass is 257 g/mol. The summed E-state index contributed by atoms with van der Waals surface area (Å²) in [5.74, 6) is 0.833. The maximum atomic E-state index is 5.95. The van der Waals surface area contributed by atoms with Crippen LogP contribution >= 0.6 is 11.6 Å². The number of halogens is 1. The van der Waals surface area contributed by atoms with Crippen molar-refractivity contribution in [1.29, 1.82) is 0 Å². The Bertz CT molecular complexity index is 529. The van der Waals surface area contributed by atoms with Gasteiger partial charge in [-0.05, 0) is 48.1 Å². The summed E-state index contributed by atoms with van der Waals surface area (Å²) in [5.41, 5.74) is 3.86. The molecule has 2 aromatic rings. The van der Waals surface area contributed by atoms with Gasteiger partial charge < -0.3 is 5.32 Å². The number of anilines is 1. The van der Waals surface area contributed by atoms with Gasteiger partial charge in [-0.3, -0.25) is 0 Å². The minimum absolute atomic E-state index is 0.768. The fourth-order valence-electron chi connectivity index (χ4n) is 2.13. The summed E-state index contributed by atoms with van der Waals surface area (Å²) in [4.78, 5) is 0. The third kappa shape index (κ3) is 2.85. The summed E-state index contributed by atoms with van der Waals surface area (Å²) >= 11 is 5.95. The molecule has 2 heteroatoms. The zero-order chi connectivity index (χ0) is 12.4. The van der Waals surface area contributed by atoms with Crippen molar-refractivity contribution in [2.45, 2.75) is 25.3 Å². The van der Waals surface area contributed by atoms with Gasteiger partial charge in [0.2, 0.25) is 0 Å². The first-order valence-electron chi connectivity index (χ1n) is 6.39. The van der Waals surface area contributed by atoms with Crippen molar-refractivity contribution in [2.24, 2.45) is 0 Å². The lowest BCUT2D eigenvalue weighted by molar-refractivity contribution is 1.10. The average Bonchev–Trinajstić information content (AvgIpc) is 3.21. The second-order valence-corrected chi connectivity index (χ2v) is 5.32. The van der Waals surface area contributed by atoms with Crippen LogP contribution in [0.25, 0.3) is 0 Å². The van der Waals surface area contributed by atoms with E-state index < -0.39 is 0 Å². The van der Waals surface area contributed by atoms with Crippen LogP contribution < -0.4 is 5.32 Å². The van der Waals surface area contributed by atoms with E-state index in [9.17, 15) is 0 Å². The summed E-state index contributed by atoms with van der Waals surface area (Å²) in [5, 5.41) is 4.15. The topological polar surface area (TPSA) is 12.0 Å². The number of hydrogen-bond acceptors (Lipinski definition) is 1. The van der Waals surface area contributed by atoms with Crippen LogP contribution in [-0.2, 0) is 6.54 Å². The van der Waals surface area contributed by atoms with Gasteiger partial charge in [-0.25, -0.2) is 0 Å². The molecule has 0 spiro atoms. The molecule has 1 saturated carbocycles. The minimum atomic E-state index is 0.768. The molecular weight excluding hydrogens is 242 g/mol. The van der Waals surface area contributed by atoms with Gasteiger partial charge in [-0.15, -0.1) is 0 Å². The van der Waals surface area contributed by atoms with Gasteiger partial charge in [0.25, 0.3) is 0 Å². The summed E-state index contributed by atoms with van der Waals surface area (Å²) in [6.07, 6.45) is 2.72. The van der Waals surface area contributed by atoms with E-state index in [-0.39, 0.29) is 0 Å². The normalized spacial score (nSPS) is 14.5. The number of hydrogen-bond donors (Lipinski definition) is 1. The highest BCUT2D eigenvalue weighted by atomic mass is 35.5. The molecule has 1 N–H and O–H groups in total. The van der Waals surface area contributed by atoms with Gasteiger partial charge in [-0.1, -0.05) is 41.9 Å². The van der Waals surface area contributed by atoms with Crippen LogP contribution in [-0.4, -0.2) is 0 Å². The number of benzene rings is 2. The smallest absolute Gasteiger partial charge is 0.0426 e. The summed E-state index contributed by atoms with van der Waals surface area (Å²) in [6, 6.07) is 16.8. The van der Waals surface area contributed by atoms with Crippen molar-refractivity contribution in [3.63, 3.8) is 0 Å². The van der Waals surface area contributed by atoms with Crippen molar-refractivity contribution in [3.05, 3.63) is 64.7 Å². The summed E-state index contributed by atoms with van der Waals surface area (Å²) < 4.78 is 0. The molecule has 0 radical (unpaired) electrons. The lowest BCUT2D eigenvalue weighted by Crippen LogP contribution is -1.99. The Labute approximate surface area is 113 Å². The fourth-order valence-corrected chi connectivity index (χ4v) is 2.32. The van der Waals surface area contributed by atoms with Crippen LogP contribution in [0.15, 0.2) is 48.5 Å². The third-order valence-electron chi connectivity index (χ3n) is 3.35. The van der Waals surface area contributed by atoms with Crippen LogP contribution in [0.4, 0.5) is 5.69 Å². The third-order valence-corrected chi connectivity index (χ3v) is 3.58. The van der Waals surface area contributed by atoms with Crippen LogP contribution in [0.1, 0.15) is 29.9 Å². The largest absolute Gasteiger partial charge is 0.381 e. The Balaban J connectivity index is 1.62. The Morgan fingerprint density at radius 3 is 2.50 bits per heavy atom. The SMILES string of the molecule is Clc1cccc(NCc2ccc(C3CC3)cc2)c1. The molecule has 1 aliphatic rings. The lowest BCUT2D eigenvalue weighted by atomic mass is 10.1. The highest BCUT2D eigenvalue weighted by Crippen LogP contribution is 2.39. The maximum absolute atomic E-state index is 5.95. The molecule has 0 saturated heterocycles.